The molecule has 1 aliphatic rings. The molecule has 0 spiro atoms. The van der Waals surface area contributed by atoms with E-state index in [1.807, 2.05) is 26.8 Å². The molecule has 0 aliphatic carbocycles. The van der Waals surface area contributed by atoms with Gasteiger partial charge in [-0.15, -0.1) is 10.2 Å². The van der Waals surface area contributed by atoms with Gasteiger partial charge in [-0.3, -0.25) is 4.79 Å². The number of benzene rings is 1. The van der Waals surface area contributed by atoms with Gasteiger partial charge in [0.15, 0.2) is 11.5 Å². The van der Waals surface area contributed by atoms with Gasteiger partial charge in [-0.05, 0) is 44.0 Å². The minimum atomic E-state index is -0.244. The summed E-state index contributed by atoms with van der Waals surface area (Å²) in [6.07, 6.45) is 0. The second-order valence-corrected chi connectivity index (χ2v) is 6.10. The summed E-state index contributed by atoms with van der Waals surface area (Å²) in [5.74, 6) is 0.531. The van der Waals surface area contributed by atoms with E-state index in [2.05, 4.69) is 32.5 Å². The summed E-state index contributed by atoms with van der Waals surface area (Å²) in [4.78, 5) is 14.5. The largest absolute Gasteiger partial charge is 0.378 e. The van der Waals surface area contributed by atoms with Crippen LogP contribution in [-0.2, 0) is 4.74 Å². The summed E-state index contributed by atoms with van der Waals surface area (Å²) < 4.78 is 5.33. The van der Waals surface area contributed by atoms with E-state index in [-0.39, 0.29) is 5.91 Å². The number of morpholine rings is 1. The fraction of sp³-hybridized carbons (Fsp3) is 0.389. The number of hydrogen-bond donors (Lipinski definition) is 1. The molecular weight excluding hydrogens is 304 g/mol. The van der Waals surface area contributed by atoms with E-state index in [9.17, 15) is 4.79 Å². The van der Waals surface area contributed by atoms with Crippen LogP contribution in [0.15, 0.2) is 24.3 Å². The highest BCUT2D eigenvalue weighted by molar-refractivity contribution is 6.03. The van der Waals surface area contributed by atoms with Gasteiger partial charge in [0.1, 0.15) is 0 Å². The Bertz CT molecular complexity index is 714. The van der Waals surface area contributed by atoms with Gasteiger partial charge in [0.2, 0.25) is 0 Å². The molecule has 0 radical (unpaired) electrons. The van der Waals surface area contributed by atoms with E-state index in [1.54, 1.807) is 6.07 Å². The van der Waals surface area contributed by atoms with Gasteiger partial charge in [0.05, 0.1) is 13.2 Å². The topological polar surface area (TPSA) is 67.4 Å². The first-order valence-corrected chi connectivity index (χ1v) is 8.10. The van der Waals surface area contributed by atoms with Crippen LogP contribution in [0, 0.1) is 20.8 Å². The molecule has 0 unspecified atom stereocenters. The van der Waals surface area contributed by atoms with Gasteiger partial charge in [0, 0.05) is 18.8 Å². The van der Waals surface area contributed by atoms with Crippen LogP contribution in [0.25, 0.3) is 0 Å². The molecule has 126 valence electrons. The number of rotatable bonds is 3. The third-order valence-corrected chi connectivity index (χ3v) is 4.13. The highest BCUT2D eigenvalue weighted by Crippen LogP contribution is 2.22. The van der Waals surface area contributed by atoms with E-state index >= 15 is 0 Å². The Morgan fingerprint density at radius 3 is 2.33 bits per heavy atom. The minimum Gasteiger partial charge on any atom is -0.378 e. The Balaban J connectivity index is 1.73. The fourth-order valence-corrected chi connectivity index (χ4v) is 2.96. The van der Waals surface area contributed by atoms with Crippen molar-refractivity contribution in [3.8, 4) is 0 Å². The third kappa shape index (κ3) is 3.54. The van der Waals surface area contributed by atoms with Crippen LogP contribution in [0.5, 0.6) is 0 Å². The van der Waals surface area contributed by atoms with Crippen molar-refractivity contribution in [2.75, 3.05) is 36.5 Å². The Labute approximate surface area is 141 Å². The number of hydrogen-bond acceptors (Lipinski definition) is 5. The van der Waals surface area contributed by atoms with Crippen LogP contribution in [0.3, 0.4) is 0 Å². The second kappa shape index (κ2) is 6.97. The Morgan fingerprint density at radius 1 is 1.08 bits per heavy atom. The SMILES string of the molecule is Cc1cc(C)c(NC(=O)c2ccc(N3CCOCC3)nn2)c(C)c1. The molecule has 2 aromatic rings. The van der Waals surface area contributed by atoms with Crippen molar-refractivity contribution in [2.24, 2.45) is 0 Å². The lowest BCUT2D eigenvalue weighted by molar-refractivity contribution is 0.102. The molecular formula is C18H22N4O2. The van der Waals surface area contributed by atoms with Crippen molar-refractivity contribution >= 4 is 17.4 Å². The second-order valence-electron chi connectivity index (χ2n) is 6.10. The number of anilines is 2. The standard InChI is InChI=1S/C18H22N4O2/c1-12-10-13(2)17(14(3)11-12)19-18(23)15-4-5-16(21-20-15)22-6-8-24-9-7-22/h4-5,10-11H,6-9H2,1-3H3,(H,19,23). The van der Waals surface area contributed by atoms with Gasteiger partial charge in [-0.1, -0.05) is 17.7 Å². The lowest BCUT2D eigenvalue weighted by atomic mass is 10.1. The quantitative estimate of drug-likeness (QED) is 0.938. The molecule has 1 aromatic carbocycles. The number of aromatic nitrogens is 2. The van der Waals surface area contributed by atoms with Crippen LogP contribution >= 0.6 is 0 Å². The lowest BCUT2D eigenvalue weighted by Crippen LogP contribution is -2.37. The van der Waals surface area contributed by atoms with Crippen molar-refractivity contribution in [1.82, 2.24) is 10.2 Å². The zero-order valence-electron chi connectivity index (χ0n) is 14.3. The minimum absolute atomic E-state index is 0.244. The highest BCUT2D eigenvalue weighted by atomic mass is 16.5. The number of aryl methyl sites for hydroxylation is 3. The van der Waals surface area contributed by atoms with Crippen molar-refractivity contribution in [1.29, 1.82) is 0 Å². The van der Waals surface area contributed by atoms with Crippen molar-refractivity contribution in [2.45, 2.75) is 20.8 Å². The number of nitrogens with one attached hydrogen (secondary N) is 1. The van der Waals surface area contributed by atoms with Crippen LogP contribution in [0.4, 0.5) is 11.5 Å². The zero-order chi connectivity index (χ0) is 17.1. The summed E-state index contributed by atoms with van der Waals surface area (Å²) in [6, 6.07) is 7.65. The first-order chi connectivity index (χ1) is 11.5. The van der Waals surface area contributed by atoms with E-state index in [1.165, 1.54) is 5.56 Å². The molecule has 6 heteroatoms. The molecule has 3 rings (SSSR count). The molecule has 1 fully saturated rings. The Hall–Kier alpha value is -2.47. The average Bonchev–Trinajstić information content (AvgIpc) is 2.59. The summed E-state index contributed by atoms with van der Waals surface area (Å²) in [5, 5.41) is 11.2. The third-order valence-electron chi connectivity index (χ3n) is 4.13. The normalized spacial score (nSPS) is 14.5. The van der Waals surface area contributed by atoms with Gasteiger partial charge < -0.3 is 15.0 Å². The molecule has 1 N–H and O–H groups in total. The summed E-state index contributed by atoms with van der Waals surface area (Å²) in [7, 11) is 0. The lowest BCUT2D eigenvalue weighted by Gasteiger charge is -2.27. The Kier molecular flexibility index (Phi) is 4.76. The maximum Gasteiger partial charge on any atom is 0.276 e. The number of ether oxygens (including phenoxy) is 1. The summed E-state index contributed by atoms with van der Waals surface area (Å²) >= 11 is 0. The van der Waals surface area contributed by atoms with Gasteiger partial charge in [0.25, 0.3) is 5.91 Å². The fourth-order valence-electron chi connectivity index (χ4n) is 2.96. The van der Waals surface area contributed by atoms with E-state index in [4.69, 9.17) is 4.74 Å². The van der Waals surface area contributed by atoms with Gasteiger partial charge in [-0.2, -0.15) is 0 Å². The van der Waals surface area contributed by atoms with E-state index < -0.39 is 0 Å². The maximum absolute atomic E-state index is 12.4. The zero-order valence-corrected chi connectivity index (χ0v) is 14.3. The summed E-state index contributed by atoms with van der Waals surface area (Å²) in [5.41, 5.74) is 4.41. The molecule has 24 heavy (non-hydrogen) atoms. The molecule has 0 bridgehead atoms. The van der Waals surface area contributed by atoms with Crippen LogP contribution in [0.2, 0.25) is 0 Å². The molecule has 0 atom stereocenters. The molecule has 0 saturated carbocycles. The predicted molar refractivity (Wildman–Crippen MR) is 93.7 cm³/mol. The highest BCUT2D eigenvalue weighted by Gasteiger charge is 2.15. The maximum atomic E-state index is 12.4. The van der Waals surface area contributed by atoms with Gasteiger partial charge in [-0.25, -0.2) is 0 Å². The first kappa shape index (κ1) is 16.4. The van der Waals surface area contributed by atoms with E-state index in [0.29, 0.717) is 18.9 Å². The van der Waals surface area contributed by atoms with E-state index in [0.717, 1.165) is 35.7 Å². The molecule has 6 nitrogen and oxygen atoms in total. The number of amides is 1. The molecule has 1 aliphatic heterocycles. The summed E-state index contributed by atoms with van der Waals surface area (Å²) in [6.45, 7) is 8.99. The van der Waals surface area contributed by atoms with Crippen molar-refractivity contribution in [3.63, 3.8) is 0 Å². The van der Waals surface area contributed by atoms with Crippen LogP contribution < -0.4 is 10.2 Å². The smallest absolute Gasteiger partial charge is 0.276 e. The number of carbonyl (C=O) groups excluding carboxylic acids is 1. The van der Waals surface area contributed by atoms with Crippen molar-refractivity contribution in [3.05, 3.63) is 46.6 Å². The number of nitrogens with zero attached hydrogens (tertiary/aromatic N) is 3. The molecule has 1 saturated heterocycles. The number of carbonyl (C=O) groups is 1. The molecule has 2 heterocycles. The average molecular weight is 326 g/mol. The first-order valence-electron chi connectivity index (χ1n) is 8.10. The van der Waals surface area contributed by atoms with Gasteiger partial charge >= 0.3 is 0 Å². The molecule has 1 amide bonds. The van der Waals surface area contributed by atoms with Crippen LogP contribution in [0.1, 0.15) is 27.2 Å². The monoisotopic (exact) mass is 326 g/mol. The molecule has 1 aromatic heterocycles. The van der Waals surface area contributed by atoms with Crippen molar-refractivity contribution < 1.29 is 9.53 Å². The van der Waals surface area contributed by atoms with Crippen LogP contribution in [-0.4, -0.2) is 42.4 Å². The Morgan fingerprint density at radius 2 is 1.75 bits per heavy atom. The predicted octanol–water partition coefficient (Wildman–Crippen LogP) is 2.49.